The SMILES string of the molecule is CN(C)CCCNc1nc(Cc2ccc(NC(=O)c3ccc4c(c3)C(=O)C(c3ccc5ccccc5n3)C4=O)cc2)nc(NCCCN(C)C)n1. The molecule has 2 aromatic heterocycles. The van der Waals surface area contributed by atoms with Gasteiger partial charge in [-0.05, 0) is 102 Å². The molecule has 0 saturated carbocycles. The van der Waals surface area contributed by atoms with Crippen molar-refractivity contribution in [2.24, 2.45) is 0 Å². The van der Waals surface area contributed by atoms with Crippen molar-refractivity contribution in [3.05, 3.63) is 113 Å². The van der Waals surface area contributed by atoms with Crippen LogP contribution in [-0.4, -0.2) is 102 Å². The Kier molecular flexibility index (Phi) is 11.0. The average Bonchev–Trinajstić information content (AvgIpc) is 3.37. The lowest BCUT2D eigenvalue weighted by Gasteiger charge is -2.13. The highest BCUT2D eigenvalue weighted by Crippen LogP contribution is 2.34. The minimum Gasteiger partial charge on any atom is -0.354 e. The predicted molar refractivity (Wildman–Crippen MR) is 200 cm³/mol. The summed E-state index contributed by atoms with van der Waals surface area (Å²) in [4.78, 5) is 62.8. The van der Waals surface area contributed by atoms with Crippen LogP contribution in [0.5, 0.6) is 0 Å². The van der Waals surface area contributed by atoms with E-state index in [2.05, 4.69) is 45.7 Å². The number of aromatic nitrogens is 4. The van der Waals surface area contributed by atoms with Gasteiger partial charge in [-0.1, -0.05) is 36.4 Å². The van der Waals surface area contributed by atoms with Gasteiger partial charge < -0.3 is 25.8 Å². The first kappa shape index (κ1) is 35.2. The molecule has 5 aromatic rings. The molecule has 12 nitrogen and oxygen atoms in total. The number of anilines is 3. The maximum atomic E-state index is 13.5. The van der Waals surface area contributed by atoms with Crippen LogP contribution in [0.2, 0.25) is 0 Å². The van der Waals surface area contributed by atoms with Crippen LogP contribution in [-0.2, 0) is 6.42 Å². The molecule has 6 rings (SSSR count). The van der Waals surface area contributed by atoms with E-state index < -0.39 is 5.92 Å². The maximum Gasteiger partial charge on any atom is 0.255 e. The second-order valence-corrected chi connectivity index (χ2v) is 13.2. The lowest BCUT2D eigenvalue weighted by atomic mass is 9.98. The van der Waals surface area contributed by atoms with Crippen LogP contribution in [0.1, 0.15) is 66.9 Å². The number of para-hydroxylation sites is 1. The fraction of sp³-hybridized carbons (Fsp3) is 0.308. The third-order valence-electron chi connectivity index (χ3n) is 8.64. The molecular formula is C39H43N9O3. The van der Waals surface area contributed by atoms with E-state index in [4.69, 9.17) is 0 Å². The second-order valence-electron chi connectivity index (χ2n) is 13.2. The summed E-state index contributed by atoms with van der Waals surface area (Å²) >= 11 is 0. The molecule has 1 aliphatic carbocycles. The molecule has 1 atom stereocenters. The Morgan fingerprint density at radius 2 is 1.35 bits per heavy atom. The van der Waals surface area contributed by atoms with Crippen LogP contribution in [0.4, 0.5) is 17.6 Å². The zero-order valence-electron chi connectivity index (χ0n) is 29.4. The molecule has 0 saturated heterocycles. The summed E-state index contributed by atoms with van der Waals surface area (Å²) in [5.74, 6) is -0.372. The molecule has 0 radical (unpaired) electrons. The average molecular weight is 686 g/mol. The summed E-state index contributed by atoms with van der Waals surface area (Å²) in [7, 11) is 8.19. The highest BCUT2D eigenvalue weighted by molar-refractivity contribution is 6.30. The Balaban J connectivity index is 1.11. The summed E-state index contributed by atoms with van der Waals surface area (Å²) in [5, 5.41) is 10.5. The molecule has 2 heterocycles. The van der Waals surface area contributed by atoms with E-state index in [-0.39, 0.29) is 28.6 Å². The van der Waals surface area contributed by atoms with Crippen LogP contribution >= 0.6 is 0 Å². The second kappa shape index (κ2) is 16.0. The van der Waals surface area contributed by atoms with Crippen molar-refractivity contribution >= 4 is 46.0 Å². The maximum absolute atomic E-state index is 13.5. The van der Waals surface area contributed by atoms with Crippen LogP contribution in [0.15, 0.2) is 78.9 Å². The van der Waals surface area contributed by atoms with E-state index in [1.54, 1.807) is 18.2 Å². The van der Waals surface area contributed by atoms with Crippen molar-refractivity contribution in [1.29, 1.82) is 0 Å². The largest absolute Gasteiger partial charge is 0.354 e. The molecule has 12 heteroatoms. The number of hydrogen-bond acceptors (Lipinski definition) is 11. The van der Waals surface area contributed by atoms with Gasteiger partial charge in [0.1, 0.15) is 11.7 Å². The van der Waals surface area contributed by atoms with Crippen LogP contribution in [0.25, 0.3) is 10.9 Å². The van der Waals surface area contributed by atoms with Crippen molar-refractivity contribution in [3.63, 3.8) is 0 Å². The number of fused-ring (bicyclic) bond motifs is 2. The Morgan fingerprint density at radius 3 is 2.02 bits per heavy atom. The molecule has 1 unspecified atom stereocenters. The number of ketones is 2. The Labute approximate surface area is 297 Å². The number of nitrogens with zero attached hydrogens (tertiary/aromatic N) is 6. The van der Waals surface area contributed by atoms with E-state index in [9.17, 15) is 14.4 Å². The quantitative estimate of drug-likeness (QED) is 0.0994. The van der Waals surface area contributed by atoms with Gasteiger partial charge >= 0.3 is 0 Å². The monoisotopic (exact) mass is 685 g/mol. The number of hydrogen-bond donors (Lipinski definition) is 3. The van der Waals surface area contributed by atoms with E-state index in [1.807, 2.05) is 82.8 Å². The minimum absolute atomic E-state index is 0.235. The lowest BCUT2D eigenvalue weighted by Crippen LogP contribution is -2.19. The van der Waals surface area contributed by atoms with E-state index in [1.165, 1.54) is 6.07 Å². The third kappa shape index (κ3) is 8.77. The van der Waals surface area contributed by atoms with Gasteiger partial charge in [-0.3, -0.25) is 19.4 Å². The minimum atomic E-state index is -1.02. The van der Waals surface area contributed by atoms with Crippen molar-refractivity contribution < 1.29 is 14.4 Å². The van der Waals surface area contributed by atoms with Crippen molar-refractivity contribution in [1.82, 2.24) is 29.7 Å². The molecule has 0 spiro atoms. The number of Topliss-reactive ketones (excluding diaryl/α,β-unsaturated/α-hetero) is 2. The van der Waals surface area contributed by atoms with E-state index in [0.29, 0.717) is 46.6 Å². The topological polar surface area (TPSA) is 145 Å². The molecule has 3 aromatic carbocycles. The van der Waals surface area contributed by atoms with Gasteiger partial charge in [0.25, 0.3) is 5.91 Å². The Bertz CT molecular complexity index is 2010. The Morgan fingerprint density at radius 1 is 0.706 bits per heavy atom. The summed E-state index contributed by atoms with van der Waals surface area (Å²) in [6.45, 7) is 3.40. The van der Waals surface area contributed by atoms with Gasteiger partial charge in [0, 0.05) is 47.3 Å². The fourth-order valence-electron chi connectivity index (χ4n) is 5.99. The van der Waals surface area contributed by atoms with E-state index in [0.717, 1.165) is 50.0 Å². The van der Waals surface area contributed by atoms with Gasteiger partial charge in [0.05, 0.1) is 11.2 Å². The molecule has 1 aliphatic rings. The van der Waals surface area contributed by atoms with Gasteiger partial charge in [-0.15, -0.1) is 0 Å². The first-order valence-electron chi connectivity index (χ1n) is 17.2. The van der Waals surface area contributed by atoms with Crippen LogP contribution in [0, 0.1) is 0 Å². The van der Waals surface area contributed by atoms with Gasteiger partial charge in [-0.25, -0.2) is 0 Å². The molecule has 1 amide bonds. The highest BCUT2D eigenvalue weighted by atomic mass is 16.2. The zero-order valence-corrected chi connectivity index (χ0v) is 29.4. The molecule has 262 valence electrons. The number of carbonyl (C=O) groups excluding carboxylic acids is 3. The number of rotatable bonds is 15. The van der Waals surface area contributed by atoms with Crippen LogP contribution < -0.4 is 16.0 Å². The van der Waals surface area contributed by atoms with Crippen molar-refractivity contribution in [2.45, 2.75) is 25.2 Å². The number of pyridine rings is 1. The van der Waals surface area contributed by atoms with Gasteiger partial charge in [0.2, 0.25) is 11.9 Å². The number of benzene rings is 3. The van der Waals surface area contributed by atoms with Gasteiger partial charge in [0.15, 0.2) is 11.6 Å². The van der Waals surface area contributed by atoms with Crippen molar-refractivity contribution in [2.75, 3.05) is 70.3 Å². The van der Waals surface area contributed by atoms with Crippen molar-refractivity contribution in [3.8, 4) is 0 Å². The molecule has 3 N–H and O–H groups in total. The summed E-state index contributed by atoms with van der Waals surface area (Å²) in [5.41, 5.74) is 3.50. The molecule has 0 aliphatic heterocycles. The highest BCUT2D eigenvalue weighted by Gasteiger charge is 2.41. The van der Waals surface area contributed by atoms with Crippen LogP contribution in [0.3, 0.4) is 0 Å². The zero-order chi connectivity index (χ0) is 35.9. The van der Waals surface area contributed by atoms with E-state index >= 15 is 0 Å². The summed E-state index contributed by atoms with van der Waals surface area (Å²) in [6.07, 6.45) is 2.38. The summed E-state index contributed by atoms with van der Waals surface area (Å²) in [6, 6.07) is 23.2. The molecule has 0 bridgehead atoms. The number of carbonyl (C=O) groups is 3. The van der Waals surface area contributed by atoms with Gasteiger partial charge in [-0.2, -0.15) is 15.0 Å². The number of amides is 1. The lowest BCUT2D eigenvalue weighted by molar-refractivity contribution is 0.0887. The first-order valence-corrected chi connectivity index (χ1v) is 17.2. The molecule has 0 fully saturated rings. The summed E-state index contributed by atoms with van der Waals surface area (Å²) < 4.78 is 0. The predicted octanol–water partition coefficient (Wildman–Crippen LogP) is 5.15. The molecular weight excluding hydrogens is 642 g/mol. The normalized spacial score (nSPS) is 14.0. The fourth-order valence-corrected chi connectivity index (χ4v) is 5.99. The number of nitrogens with one attached hydrogen (secondary N) is 3. The third-order valence-corrected chi connectivity index (χ3v) is 8.64. The first-order chi connectivity index (χ1) is 24.6. The standard InChI is InChI=1S/C39H43N9O3/c1-47(2)21-7-19-40-38-44-33(45-39(46-38)41-20-8-22-48(3)4)23-25-11-15-28(16-12-25)42-37(51)27-13-17-29-30(24-27)36(50)34(35(29)49)32-18-14-26-9-5-6-10-31(26)43-32/h5-6,9-18,24,34H,7-8,19-23H2,1-4H3,(H,42,51)(H2,40,41,44,45,46). The molecule has 51 heavy (non-hydrogen) atoms. The Hall–Kier alpha value is -5.59. The smallest absolute Gasteiger partial charge is 0.255 e.